The third-order valence-electron chi connectivity index (χ3n) is 4.59. The second kappa shape index (κ2) is 7.89. The molecule has 0 radical (unpaired) electrons. The minimum atomic E-state index is -0.200. The maximum atomic E-state index is 12.8. The van der Waals surface area contributed by atoms with E-state index >= 15 is 0 Å². The lowest BCUT2D eigenvalue weighted by molar-refractivity contribution is -0.117. The number of benzene rings is 2. The van der Waals surface area contributed by atoms with Crippen molar-refractivity contribution in [3.63, 3.8) is 0 Å². The highest BCUT2D eigenvalue weighted by atomic mass is 35.5. The van der Waals surface area contributed by atoms with E-state index in [4.69, 9.17) is 23.2 Å². The van der Waals surface area contributed by atoms with Gasteiger partial charge in [-0.3, -0.25) is 4.79 Å². The molecule has 4 rings (SSSR count). The van der Waals surface area contributed by atoms with Crippen LogP contribution in [0.2, 0.25) is 10.0 Å². The summed E-state index contributed by atoms with van der Waals surface area (Å²) in [5.74, 6) is -0.0283. The van der Waals surface area contributed by atoms with Gasteiger partial charge in [0, 0.05) is 33.2 Å². The molecule has 1 fully saturated rings. The maximum absolute atomic E-state index is 12.8. The Bertz CT molecular complexity index is 941. The second-order valence-electron chi connectivity index (χ2n) is 6.36. The predicted octanol–water partition coefficient (Wildman–Crippen LogP) is 5.72. The molecule has 0 aliphatic carbocycles. The highest BCUT2D eigenvalue weighted by Gasteiger charge is 2.31. The van der Waals surface area contributed by atoms with Crippen molar-refractivity contribution in [2.75, 3.05) is 16.8 Å². The van der Waals surface area contributed by atoms with Crippen LogP contribution in [0, 0.1) is 0 Å². The molecule has 0 unspecified atom stereocenters. The molecular formula is C20H17Cl2N3OS. The summed E-state index contributed by atoms with van der Waals surface area (Å²) in [7, 11) is 0. The van der Waals surface area contributed by atoms with Gasteiger partial charge in [0.1, 0.15) is 6.04 Å². The fourth-order valence-corrected chi connectivity index (χ4v) is 4.23. The Balaban J connectivity index is 1.47. The number of anilines is 2. The number of carbonyl (C=O) groups is 1. The summed E-state index contributed by atoms with van der Waals surface area (Å²) in [4.78, 5) is 19.5. The molecule has 1 aliphatic rings. The molecule has 27 heavy (non-hydrogen) atoms. The molecule has 1 amide bonds. The van der Waals surface area contributed by atoms with Crippen LogP contribution in [-0.4, -0.2) is 23.5 Å². The first-order valence-corrected chi connectivity index (χ1v) is 10.3. The first kappa shape index (κ1) is 18.3. The summed E-state index contributed by atoms with van der Waals surface area (Å²) in [5, 5.41) is 6.89. The summed E-state index contributed by atoms with van der Waals surface area (Å²) < 4.78 is 0. The minimum absolute atomic E-state index is 0.0283. The van der Waals surface area contributed by atoms with E-state index in [1.807, 2.05) is 53.9 Å². The Hall–Kier alpha value is -2.08. The van der Waals surface area contributed by atoms with Crippen molar-refractivity contribution < 1.29 is 4.79 Å². The van der Waals surface area contributed by atoms with Crippen LogP contribution in [0.15, 0.2) is 53.9 Å². The number of hydrogen-bond acceptors (Lipinski definition) is 4. The summed E-state index contributed by atoms with van der Waals surface area (Å²) in [6.45, 7) is 0.855. The van der Waals surface area contributed by atoms with Crippen LogP contribution in [0.1, 0.15) is 12.8 Å². The lowest BCUT2D eigenvalue weighted by atomic mass is 10.2. The molecule has 0 bridgehead atoms. The van der Waals surface area contributed by atoms with Crippen molar-refractivity contribution >= 4 is 51.3 Å². The van der Waals surface area contributed by atoms with Crippen molar-refractivity contribution in [1.29, 1.82) is 0 Å². The Kier molecular flexibility index (Phi) is 5.34. The standard InChI is InChI=1S/C20H17Cl2N3OS/c21-14-5-3-13(4-6-14)17-12-27-20(23-17)24-19(26)18-2-1-11-25(18)16-9-7-15(22)8-10-16/h3-10,12,18H,1-2,11H2,(H,23,24,26)/t18-/m0/s1. The van der Waals surface area contributed by atoms with Crippen LogP contribution in [-0.2, 0) is 4.79 Å². The first-order chi connectivity index (χ1) is 13.1. The molecule has 7 heteroatoms. The molecule has 1 aromatic heterocycles. The van der Waals surface area contributed by atoms with Gasteiger partial charge in [-0.1, -0.05) is 35.3 Å². The number of carbonyl (C=O) groups excluding carboxylic acids is 1. The number of nitrogens with zero attached hydrogens (tertiary/aromatic N) is 2. The van der Waals surface area contributed by atoms with Crippen molar-refractivity contribution in [2.45, 2.75) is 18.9 Å². The van der Waals surface area contributed by atoms with Gasteiger partial charge in [-0.05, 0) is 49.2 Å². The van der Waals surface area contributed by atoms with Gasteiger partial charge in [0.15, 0.2) is 5.13 Å². The van der Waals surface area contributed by atoms with E-state index in [9.17, 15) is 4.79 Å². The molecule has 0 saturated carbocycles. The van der Waals surface area contributed by atoms with Gasteiger partial charge in [0.2, 0.25) is 5.91 Å². The van der Waals surface area contributed by atoms with E-state index in [1.54, 1.807) is 0 Å². The Morgan fingerprint density at radius 1 is 1.07 bits per heavy atom. The van der Waals surface area contributed by atoms with Crippen LogP contribution in [0.4, 0.5) is 10.8 Å². The minimum Gasteiger partial charge on any atom is -0.360 e. The van der Waals surface area contributed by atoms with E-state index in [0.29, 0.717) is 15.2 Å². The van der Waals surface area contributed by atoms with Crippen LogP contribution in [0.25, 0.3) is 11.3 Å². The van der Waals surface area contributed by atoms with E-state index < -0.39 is 0 Å². The molecule has 1 aliphatic heterocycles. The van der Waals surface area contributed by atoms with Gasteiger partial charge in [-0.25, -0.2) is 4.98 Å². The monoisotopic (exact) mass is 417 g/mol. The number of halogens is 2. The van der Waals surface area contributed by atoms with Gasteiger partial charge >= 0.3 is 0 Å². The Morgan fingerprint density at radius 3 is 2.44 bits per heavy atom. The van der Waals surface area contributed by atoms with E-state index in [0.717, 1.165) is 36.3 Å². The molecule has 0 spiro atoms. The van der Waals surface area contributed by atoms with Gasteiger partial charge in [-0.15, -0.1) is 11.3 Å². The average Bonchev–Trinajstić information content (AvgIpc) is 3.33. The van der Waals surface area contributed by atoms with Gasteiger partial charge in [0.05, 0.1) is 5.69 Å². The maximum Gasteiger partial charge on any atom is 0.248 e. The van der Waals surface area contributed by atoms with Crippen molar-refractivity contribution in [3.05, 3.63) is 64.0 Å². The number of rotatable bonds is 4. The van der Waals surface area contributed by atoms with Gasteiger partial charge < -0.3 is 10.2 Å². The van der Waals surface area contributed by atoms with Crippen LogP contribution in [0.5, 0.6) is 0 Å². The number of amides is 1. The second-order valence-corrected chi connectivity index (χ2v) is 8.09. The molecule has 4 nitrogen and oxygen atoms in total. The smallest absolute Gasteiger partial charge is 0.248 e. The van der Waals surface area contributed by atoms with Crippen LogP contribution < -0.4 is 10.2 Å². The zero-order valence-electron chi connectivity index (χ0n) is 14.4. The molecular weight excluding hydrogens is 401 g/mol. The number of hydrogen-bond donors (Lipinski definition) is 1. The topological polar surface area (TPSA) is 45.2 Å². The lowest BCUT2D eigenvalue weighted by Gasteiger charge is -2.25. The molecule has 1 N–H and O–H groups in total. The number of thiazole rings is 1. The fourth-order valence-electron chi connectivity index (χ4n) is 3.25. The molecule has 1 atom stereocenters. The molecule has 1 saturated heterocycles. The predicted molar refractivity (Wildman–Crippen MR) is 113 cm³/mol. The molecule has 2 aromatic carbocycles. The quantitative estimate of drug-likeness (QED) is 0.589. The lowest BCUT2D eigenvalue weighted by Crippen LogP contribution is -2.39. The normalized spacial score (nSPS) is 16.5. The zero-order chi connectivity index (χ0) is 18.8. The van der Waals surface area contributed by atoms with E-state index in [-0.39, 0.29) is 11.9 Å². The third kappa shape index (κ3) is 4.10. The molecule has 138 valence electrons. The fraction of sp³-hybridized carbons (Fsp3) is 0.200. The van der Waals surface area contributed by atoms with Crippen molar-refractivity contribution in [3.8, 4) is 11.3 Å². The van der Waals surface area contributed by atoms with Crippen LogP contribution in [0.3, 0.4) is 0 Å². The summed E-state index contributed by atoms with van der Waals surface area (Å²) >= 11 is 13.3. The summed E-state index contributed by atoms with van der Waals surface area (Å²) in [6.07, 6.45) is 1.80. The Morgan fingerprint density at radius 2 is 1.74 bits per heavy atom. The van der Waals surface area contributed by atoms with Gasteiger partial charge in [-0.2, -0.15) is 0 Å². The largest absolute Gasteiger partial charge is 0.360 e. The molecule has 3 aromatic rings. The van der Waals surface area contributed by atoms with Gasteiger partial charge in [0.25, 0.3) is 0 Å². The number of nitrogens with one attached hydrogen (secondary N) is 1. The Labute approximate surface area is 171 Å². The first-order valence-electron chi connectivity index (χ1n) is 8.65. The summed E-state index contributed by atoms with van der Waals surface area (Å²) in [5.41, 5.74) is 2.81. The number of aromatic nitrogens is 1. The highest BCUT2D eigenvalue weighted by Crippen LogP contribution is 2.29. The third-order valence-corrected chi connectivity index (χ3v) is 5.85. The zero-order valence-corrected chi connectivity index (χ0v) is 16.7. The highest BCUT2D eigenvalue weighted by molar-refractivity contribution is 7.14. The SMILES string of the molecule is O=C(Nc1nc(-c2ccc(Cl)cc2)cs1)[C@@H]1CCCN1c1ccc(Cl)cc1. The average molecular weight is 418 g/mol. The van der Waals surface area contributed by atoms with E-state index in [2.05, 4.69) is 15.2 Å². The van der Waals surface area contributed by atoms with Crippen molar-refractivity contribution in [2.24, 2.45) is 0 Å². The summed E-state index contributed by atoms with van der Waals surface area (Å²) in [6, 6.07) is 14.9. The van der Waals surface area contributed by atoms with E-state index in [1.165, 1.54) is 11.3 Å². The van der Waals surface area contributed by atoms with Crippen LogP contribution >= 0.6 is 34.5 Å². The van der Waals surface area contributed by atoms with Crippen molar-refractivity contribution in [1.82, 2.24) is 4.98 Å². The molecule has 2 heterocycles.